The normalized spacial score (nSPS) is 22.7. The third kappa shape index (κ3) is 3.94. The van der Waals surface area contributed by atoms with Crippen LogP contribution in [0, 0.1) is 0 Å². The van der Waals surface area contributed by atoms with Gasteiger partial charge < -0.3 is 15.0 Å². The average molecular weight is 475 g/mol. The number of H-pyrrole nitrogens is 1. The standard InChI is InChI=1S/C23H24Cl2N4O3/c24-15-3-1-14(2-4-15)22(31)28-12-20(21(30)13-28)27-9-7-17(8-10-27)29-19-6-5-16(25)11-18(19)26-23(29)32/h1-6,11,17,20-21,30H,7-10,12-13H2,(H,26,32). The van der Waals surface area contributed by atoms with E-state index in [0.717, 1.165) is 37.0 Å². The van der Waals surface area contributed by atoms with Crippen LogP contribution >= 0.6 is 23.2 Å². The second-order valence-electron chi connectivity index (χ2n) is 8.58. The Balaban J connectivity index is 1.26. The minimum atomic E-state index is -0.597. The van der Waals surface area contributed by atoms with Gasteiger partial charge in [0.2, 0.25) is 0 Å². The molecule has 0 saturated carbocycles. The van der Waals surface area contributed by atoms with Gasteiger partial charge in [-0.25, -0.2) is 4.79 Å². The summed E-state index contributed by atoms with van der Waals surface area (Å²) in [4.78, 5) is 32.2. The predicted molar refractivity (Wildman–Crippen MR) is 125 cm³/mol. The number of carbonyl (C=O) groups excluding carboxylic acids is 1. The smallest absolute Gasteiger partial charge is 0.326 e. The number of aromatic nitrogens is 2. The summed E-state index contributed by atoms with van der Waals surface area (Å²) >= 11 is 12.0. The molecule has 0 bridgehead atoms. The zero-order valence-electron chi connectivity index (χ0n) is 17.4. The minimum Gasteiger partial charge on any atom is -0.390 e. The lowest BCUT2D eigenvalue weighted by atomic mass is 10.0. The molecule has 2 saturated heterocycles. The second kappa shape index (κ2) is 8.56. The first-order chi connectivity index (χ1) is 15.4. The van der Waals surface area contributed by atoms with E-state index in [1.807, 2.05) is 10.6 Å². The number of likely N-dealkylation sites (tertiary alicyclic amines) is 2. The third-order valence-corrected chi connectivity index (χ3v) is 7.14. The van der Waals surface area contributed by atoms with Gasteiger partial charge in [0, 0.05) is 47.8 Å². The number of nitrogens with one attached hydrogen (secondary N) is 1. The molecule has 9 heteroatoms. The van der Waals surface area contributed by atoms with Gasteiger partial charge in [0.1, 0.15) is 0 Å². The van der Waals surface area contributed by atoms with Crippen molar-refractivity contribution in [3.63, 3.8) is 0 Å². The summed E-state index contributed by atoms with van der Waals surface area (Å²) in [6, 6.07) is 12.2. The Hall–Kier alpha value is -2.32. The number of carbonyl (C=O) groups is 1. The first-order valence-electron chi connectivity index (χ1n) is 10.8. The number of halogens is 2. The predicted octanol–water partition coefficient (Wildman–Crippen LogP) is 3.16. The molecule has 0 spiro atoms. The van der Waals surface area contributed by atoms with E-state index in [-0.39, 0.29) is 23.7 Å². The van der Waals surface area contributed by atoms with Crippen molar-refractivity contribution >= 4 is 40.1 Å². The SMILES string of the molecule is O=C(c1ccc(Cl)cc1)N1CC(O)C(N2CCC(n3c(=O)[nH]c4cc(Cl)ccc43)CC2)C1. The summed E-state index contributed by atoms with van der Waals surface area (Å²) < 4.78 is 1.82. The number of aliphatic hydroxyl groups is 1. The molecule has 2 aromatic carbocycles. The van der Waals surface area contributed by atoms with Crippen LogP contribution in [0.15, 0.2) is 47.3 Å². The Labute approximate surface area is 195 Å². The van der Waals surface area contributed by atoms with Crippen molar-refractivity contribution in [2.75, 3.05) is 26.2 Å². The fourth-order valence-electron chi connectivity index (χ4n) is 5.01. The number of aliphatic hydroxyl groups excluding tert-OH is 1. The van der Waals surface area contributed by atoms with E-state index >= 15 is 0 Å². The van der Waals surface area contributed by atoms with E-state index in [1.54, 1.807) is 41.3 Å². The number of amides is 1. The van der Waals surface area contributed by atoms with Crippen molar-refractivity contribution in [3.05, 3.63) is 68.6 Å². The first kappa shape index (κ1) is 21.5. The van der Waals surface area contributed by atoms with Crippen LogP contribution in [0.25, 0.3) is 11.0 Å². The molecule has 7 nitrogen and oxygen atoms in total. The molecule has 3 heterocycles. The number of fused-ring (bicyclic) bond motifs is 1. The van der Waals surface area contributed by atoms with Gasteiger partial charge in [0.05, 0.1) is 23.2 Å². The Morgan fingerprint density at radius 2 is 1.69 bits per heavy atom. The van der Waals surface area contributed by atoms with E-state index in [2.05, 4.69) is 9.88 Å². The molecule has 5 rings (SSSR count). The van der Waals surface area contributed by atoms with Crippen LogP contribution in [0.4, 0.5) is 0 Å². The quantitative estimate of drug-likeness (QED) is 0.610. The zero-order chi connectivity index (χ0) is 22.4. The van der Waals surface area contributed by atoms with Crippen molar-refractivity contribution in [3.8, 4) is 0 Å². The maximum Gasteiger partial charge on any atom is 0.326 e. The number of piperidine rings is 1. The summed E-state index contributed by atoms with van der Waals surface area (Å²) in [6.45, 7) is 2.30. The summed E-state index contributed by atoms with van der Waals surface area (Å²) in [5, 5.41) is 11.9. The molecule has 1 aromatic heterocycles. The molecule has 2 aliphatic rings. The van der Waals surface area contributed by atoms with Crippen molar-refractivity contribution < 1.29 is 9.90 Å². The number of hydrogen-bond donors (Lipinski definition) is 2. The van der Waals surface area contributed by atoms with Crippen molar-refractivity contribution in [1.82, 2.24) is 19.4 Å². The Kier molecular flexibility index (Phi) is 5.75. The number of imidazole rings is 1. The van der Waals surface area contributed by atoms with Gasteiger partial charge >= 0.3 is 5.69 Å². The van der Waals surface area contributed by atoms with Gasteiger partial charge in [-0.15, -0.1) is 0 Å². The molecule has 2 N–H and O–H groups in total. The van der Waals surface area contributed by atoms with Crippen LogP contribution < -0.4 is 5.69 Å². The zero-order valence-corrected chi connectivity index (χ0v) is 18.9. The third-order valence-electron chi connectivity index (χ3n) is 6.65. The highest BCUT2D eigenvalue weighted by Crippen LogP contribution is 2.29. The average Bonchev–Trinajstić information content (AvgIpc) is 3.32. The van der Waals surface area contributed by atoms with Gasteiger partial charge in [0.15, 0.2) is 0 Å². The second-order valence-corrected chi connectivity index (χ2v) is 9.45. The Bertz CT molecular complexity index is 1200. The van der Waals surface area contributed by atoms with Gasteiger partial charge in [-0.1, -0.05) is 23.2 Å². The minimum absolute atomic E-state index is 0.0824. The molecule has 0 aliphatic carbocycles. The van der Waals surface area contributed by atoms with Gasteiger partial charge in [0.25, 0.3) is 5.91 Å². The highest BCUT2D eigenvalue weighted by molar-refractivity contribution is 6.31. The van der Waals surface area contributed by atoms with Crippen LogP contribution in [-0.4, -0.2) is 68.7 Å². The number of hydrogen-bond acceptors (Lipinski definition) is 4. The lowest BCUT2D eigenvalue weighted by molar-refractivity contribution is 0.0602. The van der Waals surface area contributed by atoms with Gasteiger partial charge in [-0.2, -0.15) is 0 Å². The number of aromatic amines is 1. The lowest BCUT2D eigenvalue weighted by Gasteiger charge is -2.37. The van der Waals surface area contributed by atoms with Gasteiger partial charge in [-0.05, 0) is 55.3 Å². The molecule has 2 fully saturated rings. The number of benzene rings is 2. The fraction of sp³-hybridized carbons (Fsp3) is 0.391. The maximum atomic E-state index is 12.8. The van der Waals surface area contributed by atoms with E-state index in [4.69, 9.17) is 23.2 Å². The molecular weight excluding hydrogens is 451 g/mol. The van der Waals surface area contributed by atoms with Gasteiger partial charge in [-0.3, -0.25) is 14.3 Å². The van der Waals surface area contributed by atoms with Crippen LogP contribution in [0.5, 0.6) is 0 Å². The highest BCUT2D eigenvalue weighted by atomic mass is 35.5. The molecule has 32 heavy (non-hydrogen) atoms. The van der Waals surface area contributed by atoms with Crippen molar-refractivity contribution in [2.24, 2.45) is 0 Å². The summed E-state index contributed by atoms with van der Waals surface area (Å²) in [5.74, 6) is -0.0953. The van der Waals surface area contributed by atoms with Crippen molar-refractivity contribution in [2.45, 2.75) is 31.0 Å². The van der Waals surface area contributed by atoms with Crippen LogP contribution in [0.1, 0.15) is 29.2 Å². The number of β-amino-alcohol motifs (C(OH)–C–C–N with tert-alkyl or cyclic N) is 1. The Morgan fingerprint density at radius 1 is 1.00 bits per heavy atom. The lowest BCUT2D eigenvalue weighted by Crippen LogP contribution is -2.48. The van der Waals surface area contributed by atoms with Crippen LogP contribution in [0.2, 0.25) is 10.0 Å². The van der Waals surface area contributed by atoms with E-state index in [0.29, 0.717) is 28.7 Å². The monoisotopic (exact) mass is 474 g/mol. The van der Waals surface area contributed by atoms with Crippen LogP contribution in [-0.2, 0) is 0 Å². The van der Waals surface area contributed by atoms with E-state index < -0.39 is 6.10 Å². The molecule has 2 aliphatic heterocycles. The van der Waals surface area contributed by atoms with Crippen molar-refractivity contribution in [1.29, 1.82) is 0 Å². The van der Waals surface area contributed by atoms with Crippen LogP contribution in [0.3, 0.4) is 0 Å². The molecule has 2 unspecified atom stereocenters. The fourth-order valence-corrected chi connectivity index (χ4v) is 5.31. The number of rotatable bonds is 3. The Morgan fingerprint density at radius 3 is 2.41 bits per heavy atom. The van der Waals surface area contributed by atoms with E-state index in [9.17, 15) is 14.7 Å². The molecule has 1 amide bonds. The molecule has 0 radical (unpaired) electrons. The molecule has 168 valence electrons. The molecule has 2 atom stereocenters. The highest BCUT2D eigenvalue weighted by Gasteiger charge is 2.39. The topological polar surface area (TPSA) is 81.6 Å². The van der Waals surface area contributed by atoms with E-state index in [1.165, 1.54) is 0 Å². The summed E-state index contributed by atoms with van der Waals surface area (Å²) in [7, 11) is 0. The molecule has 3 aromatic rings. The first-order valence-corrected chi connectivity index (χ1v) is 11.5. The largest absolute Gasteiger partial charge is 0.390 e. The summed E-state index contributed by atoms with van der Waals surface area (Å²) in [5.41, 5.74) is 2.05. The number of nitrogens with zero attached hydrogens (tertiary/aromatic N) is 3. The maximum absolute atomic E-state index is 12.8. The summed E-state index contributed by atoms with van der Waals surface area (Å²) in [6.07, 6.45) is 0.994. The molecular formula is C23H24Cl2N4O3.